The molecule has 5 nitrogen and oxygen atoms in total. The number of rotatable bonds is 3. The van der Waals surface area contributed by atoms with Gasteiger partial charge in [0, 0.05) is 10.6 Å². The molecule has 17 heavy (non-hydrogen) atoms. The van der Waals surface area contributed by atoms with Crippen molar-refractivity contribution in [3.05, 3.63) is 38.6 Å². The van der Waals surface area contributed by atoms with Gasteiger partial charge < -0.3 is 0 Å². The molecule has 0 bridgehead atoms. The van der Waals surface area contributed by atoms with Crippen molar-refractivity contribution in [1.29, 1.82) is 0 Å². The summed E-state index contributed by atoms with van der Waals surface area (Å²) in [4.78, 5) is 3.90. The Labute approximate surface area is 112 Å². The number of nitrogens with one attached hydrogen (secondary N) is 3. The lowest BCUT2D eigenvalue weighted by molar-refractivity contribution is 1.07. The summed E-state index contributed by atoms with van der Waals surface area (Å²) in [5, 5.41) is 10.4. The van der Waals surface area contributed by atoms with E-state index in [4.69, 9.17) is 35.4 Å². The largest absolute Gasteiger partial charge is 0.272 e. The van der Waals surface area contributed by atoms with Crippen LogP contribution in [0.4, 0.5) is 5.95 Å². The van der Waals surface area contributed by atoms with Gasteiger partial charge in [0.15, 0.2) is 0 Å². The third kappa shape index (κ3) is 3.29. The molecule has 0 aliphatic rings. The molecule has 0 amide bonds. The van der Waals surface area contributed by atoms with E-state index in [1.165, 1.54) is 0 Å². The molecular weight excluding hydrogens is 281 g/mol. The van der Waals surface area contributed by atoms with E-state index in [9.17, 15) is 0 Å². The molecule has 0 unspecified atom stereocenters. The maximum absolute atomic E-state index is 5.97. The zero-order chi connectivity index (χ0) is 12.3. The number of aromatic nitrogens is 3. The van der Waals surface area contributed by atoms with Crippen LogP contribution in [0.25, 0.3) is 0 Å². The van der Waals surface area contributed by atoms with Gasteiger partial charge in [-0.2, -0.15) is 10.1 Å². The number of nitrogens with zero attached hydrogens (tertiary/aromatic N) is 2. The van der Waals surface area contributed by atoms with Crippen molar-refractivity contribution in [2.75, 3.05) is 5.43 Å². The Morgan fingerprint density at radius 2 is 2.18 bits per heavy atom. The first-order valence-corrected chi connectivity index (χ1v) is 5.70. The Hall–Kier alpha value is -1.37. The lowest BCUT2D eigenvalue weighted by Crippen LogP contribution is -1.93. The van der Waals surface area contributed by atoms with Crippen molar-refractivity contribution < 1.29 is 0 Å². The van der Waals surface area contributed by atoms with Crippen LogP contribution in [0, 0.1) is 4.77 Å². The Morgan fingerprint density at radius 3 is 2.82 bits per heavy atom. The molecule has 1 aromatic heterocycles. The van der Waals surface area contributed by atoms with Gasteiger partial charge in [-0.3, -0.25) is 10.2 Å². The minimum Gasteiger partial charge on any atom is -0.272 e. The average molecular weight is 288 g/mol. The maximum Gasteiger partial charge on any atom is 0.238 e. The van der Waals surface area contributed by atoms with Crippen molar-refractivity contribution in [1.82, 2.24) is 15.2 Å². The van der Waals surface area contributed by atoms with Crippen molar-refractivity contribution in [2.24, 2.45) is 5.10 Å². The van der Waals surface area contributed by atoms with E-state index in [1.54, 1.807) is 24.4 Å². The Bertz CT molecular complexity index is 603. The molecule has 0 saturated heterocycles. The van der Waals surface area contributed by atoms with Crippen LogP contribution >= 0.6 is 35.4 Å². The zero-order valence-corrected chi connectivity index (χ0v) is 10.7. The van der Waals surface area contributed by atoms with Gasteiger partial charge in [-0.05, 0) is 24.4 Å². The Morgan fingerprint density at radius 1 is 1.35 bits per heavy atom. The summed E-state index contributed by atoms with van der Waals surface area (Å²) in [6.07, 6.45) is 1.56. The monoisotopic (exact) mass is 287 g/mol. The van der Waals surface area contributed by atoms with Gasteiger partial charge in [-0.15, -0.1) is 0 Å². The number of hydrogen-bond acceptors (Lipinski definition) is 4. The van der Waals surface area contributed by atoms with Gasteiger partial charge in [0.1, 0.15) is 0 Å². The standard InChI is InChI=1S/C9H7Cl2N5S/c10-6-2-1-5(7(11)3-6)4-12-14-8-13-9(17)16-15-8/h1-4H,(H3,13,14,15,16,17)/b12-4-. The normalized spacial score (nSPS) is 10.9. The molecule has 0 saturated carbocycles. The summed E-state index contributed by atoms with van der Waals surface area (Å²) in [6, 6.07) is 5.14. The highest BCUT2D eigenvalue weighted by Gasteiger charge is 1.98. The lowest BCUT2D eigenvalue weighted by atomic mass is 10.2. The smallest absolute Gasteiger partial charge is 0.238 e. The number of hydrogen-bond donors (Lipinski definition) is 3. The third-order valence-electron chi connectivity index (χ3n) is 1.84. The minimum absolute atomic E-state index is 0.354. The molecule has 1 aromatic carbocycles. The van der Waals surface area contributed by atoms with Crippen LogP contribution in [-0.4, -0.2) is 21.4 Å². The van der Waals surface area contributed by atoms with E-state index >= 15 is 0 Å². The maximum atomic E-state index is 5.97. The fraction of sp³-hybridized carbons (Fsp3) is 0. The molecule has 0 spiro atoms. The van der Waals surface area contributed by atoms with Crippen molar-refractivity contribution >= 4 is 47.6 Å². The zero-order valence-electron chi connectivity index (χ0n) is 8.37. The van der Waals surface area contributed by atoms with Crippen LogP contribution < -0.4 is 5.43 Å². The number of anilines is 1. The van der Waals surface area contributed by atoms with Gasteiger partial charge in [-0.1, -0.05) is 29.3 Å². The summed E-state index contributed by atoms with van der Waals surface area (Å²) >= 11 is 16.5. The molecule has 88 valence electrons. The molecule has 0 radical (unpaired) electrons. The first-order chi connectivity index (χ1) is 8.15. The summed E-state index contributed by atoms with van der Waals surface area (Å²) < 4.78 is 0.354. The fourth-order valence-corrected chi connectivity index (χ4v) is 1.69. The number of halogens is 2. The second-order valence-corrected chi connectivity index (χ2v) is 4.28. The number of benzene rings is 1. The van der Waals surface area contributed by atoms with Crippen LogP contribution in [0.2, 0.25) is 10.0 Å². The van der Waals surface area contributed by atoms with E-state index < -0.39 is 0 Å². The van der Waals surface area contributed by atoms with Crippen molar-refractivity contribution in [2.45, 2.75) is 0 Å². The van der Waals surface area contributed by atoms with Crippen LogP contribution in [-0.2, 0) is 0 Å². The molecule has 0 fully saturated rings. The van der Waals surface area contributed by atoms with Crippen LogP contribution in [0.3, 0.4) is 0 Å². The number of H-pyrrole nitrogens is 2. The SMILES string of the molecule is S=c1nc(N/N=C\c2ccc(Cl)cc2Cl)[nH][nH]1. The van der Waals surface area contributed by atoms with E-state index in [-0.39, 0.29) is 0 Å². The molecule has 1 heterocycles. The van der Waals surface area contributed by atoms with Gasteiger partial charge in [0.05, 0.1) is 11.2 Å². The molecule has 3 N–H and O–H groups in total. The number of hydrazone groups is 1. The summed E-state index contributed by atoms with van der Waals surface area (Å²) in [5.74, 6) is 0.427. The molecule has 2 aromatic rings. The Balaban J connectivity index is 2.08. The van der Waals surface area contributed by atoms with Crippen LogP contribution in [0.15, 0.2) is 23.3 Å². The molecule has 0 aliphatic carbocycles. The predicted octanol–water partition coefficient (Wildman–Crippen LogP) is 3.22. The van der Waals surface area contributed by atoms with Gasteiger partial charge in [-0.25, -0.2) is 5.43 Å². The topological polar surface area (TPSA) is 68.9 Å². The average Bonchev–Trinajstić information content (AvgIpc) is 2.68. The van der Waals surface area contributed by atoms with Gasteiger partial charge in [0.2, 0.25) is 10.7 Å². The summed E-state index contributed by atoms with van der Waals surface area (Å²) in [6.45, 7) is 0. The lowest BCUT2D eigenvalue weighted by Gasteiger charge is -1.98. The highest BCUT2D eigenvalue weighted by atomic mass is 35.5. The van der Waals surface area contributed by atoms with Crippen LogP contribution in [0.5, 0.6) is 0 Å². The van der Waals surface area contributed by atoms with E-state index in [1.807, 2.05) is 0 Å². The third-order valence-corrected chi connectivity index (χ3v) is 2.59. The molecule has 8 heteroatoms. The summed E-state index contributed by atoms with van der Waals surface area (Å²) in [7, 11) is 0. The van der Waals surface area contributed by atoms with E-state index in [2.05, 4.69) is 25.7 Å². The van der Waals surface area contributed by atoms with E-state index in [0.717, 1.165) is 5.56 Å². The minimum atomic E-state index is 0.354. The molecular formula is C9H7Cl2N5S. The van der Waals surface area contributed by atoms with Crippen molar-refractivity contribution in [3.8, 4) is 0 Å². The highest BCUT2D eigenvalue weighted by Crippen LogP contribution is 2.19. The summed E-state index contributed by atoms with van der Waals surface area (Å²) in [5.41, 5.74) is 3.42. The highest BCUT2D eigenvalue weighted by molar-refractivity contribution is 7.71. The number of aromatic amines is 2. The van der Waals surface area contributed by atoms with E-state index in [0.29, 0.717) is 20.8 Å². The quantitative estimate of drug-likeness (QED) is 0.461. The molecule has 0 aliphatic heterocycles. The van der Waals surface area contributed by atoms with Crippen LogP contribution in [0.1, 0.15) is 5.56 Å². The van der Waals surface area contributed by atoms with Crippen molar-refractivity contribution in [3.63, 3.8) is 0 Å². The first kappa shape index (κ1) is 12.1. The molecule has 0 atom stereocenters. The second kappa shape index (κ2) is 5.31. The van der Waals surface area contributed by atoms with Gasteiger partial charge in [0.25, 0.3) is 0 Å². The first-order valence-electron chi connectivity index (χ1n) is 4.54. The Kier molecular flexibility index (Phi) is 3.78. The van der Waals surface area contributed by atoms with Gasteiger partial charge >= 0.3 is 0 Å². The second-order valence-electron chi connectivity index (χ2n) is 3.05. The molecule has 2 rings (SSSR count). The predicted molar refractivity (Wildman–Crippen MR) is 71.5 cm³/mol. The fourth-order valence-electron chi connectivity index (χ4n) is 1.09.